The van der Waals surface area contributed by atoms with E-state index in [1.165, 1.54) is 10.7 Å². The molecule has 2 heterocycles. The lowest BCUT2D eigenvalue weighted by Gasteiger charge is -2.31. The number of hydrogen-bond acceptors (Lipinski definition) is 3. The van der Waals surface area contributed by atoms with Crippen LogP contribution in [0, 0.1) is 5.92 Å². The maximum atomic E-state index is 12.5. The Bertz CT molecular complexity index is 654. The van der Waals surface area contributed by atoms with Gasteiger partial charge in [0.05, 0.1) is 11.4 Å². The van der Waals surface area contributed by atoms with Gasteiger partial charge in [-0.15, -0.1) is 0 Å². The number of piperidine rings is 1. The first-order valence-electron chi connectivity index (χ1n) is 7.87. The fourth-order valence-corrected chi connectivity index (χ4v) is 4.82. The summed E-state index contributed by atoms with van der Waals surface area (Å²) >= 11 is 0. The van der Waals surface area contributed by atoms with Gasteiger partial charge in [-0.3, -0.25) is 9.10 Å². The minimum Gasteiger partial charge on any atom is -0.338 e. The van der Waals surface area contributed by atoms with Crippen LogP contribution in [0.4, 0.5) is 5.69 Å². The first-order chi connectivity index (χ1) is 10.5. The molecule has 0 aromatic heterocycles. The van der Waals surface area contributed by atoms with Gasteiger partial charge in [0.25, 0.3) is 5.91 Å². The molecule has 22 heavy (non-hydrogen) atoms. The largest absolute Gasteiger partial charge is 0.338 e. The molecule has 1 aromatic rings. The highest BCUT2D eigenvalue weighted by molar-refractivity contribution is 7.93. The highest BCUT2D eigenvalue weighted by atomic mass is 32.2. The summed E-state index contributed by atoms with van der Waals surface area (Å²) in [5.41, 5.74) is 1.29. The predicted octanol–water partition coefficient (Wildman–Crippen LogP) is 2.10. The fraction of sp³-hybridized carbons (Fsp3) is 0.562. The first-order valence-corrected chi connectivity index (χ1v) is 9.48. The lowest BCUT2D eigenvalue weighted by atomic mass is 9.99. The summed E-state index contributed by atoms with van der Waals surface area (Å²) < 4.78 is 25.3. The molecule has 0 N–H and O–H groups in total. The Morgan fingerprint density at radius 1 is 1.14 bits per heavy atom. The highest BCUT2D eigenvalue weighted by Gasteiger charge is 2.28. The summed E-state index contributed by atoms with van der Waals surface area (Å²) in [6, 6.07) is 6.96. The van der Waals surface area contributed by atoms with Gasteiger partial charge in [-0.2, -0.15) is 0 Å². The minimum absolute atomic E-state index is 0.0439. The average molecular weight is 322 g/mol. The molecule has 0 aliphatic carbocycles. The van der Waals surface area contributed by atoms with Crippen molar-refractivity contribution in [2.24, 2.45) is 5.92 Å². The number of carbonyl (C=O) groups is 1. The van der Waals surface area contributed by atoms with Crippen molar-refractivity contribution in [1.29, 1.82) is 0 Å². The zero-order valence-corrected chi connectivity index (χ0v) is 13.7. The number of nitrogens with zero attached hydrogens (tertiary/aromatic N) is 2. The number of anilines is 1. The number of carbonyl (C=O) groups excluding carboxylic acids is 1. The smallest absolute Gasteiger partial charge is 0.253 e. The molecular formula is C16H22N2O3S. The normalized spacial score (nSPS) is 24.5. The monoisotopic (exact) mass is 322 g/mol. The van der Waals surface area contributed by atoms with E-state index in [4.69, 9.17) is 0 Å². The van der Waals surface area contributed by atoms with Crippen LogP contribution in [0.3, 0.4) is 0 Å². The van der Waals surface area contributed by atoms with Crippen LogP contribution in [-0.2, 0) is 10.0 Å². The van der Waals surface area contributed by atoms with Gasteiger partial charge in [-0.25, -0.2) is 8.42 Å². The Hall–Kier alpha value is -1.56. The van der Waals surface area contributed by atoms with Gasteiger partial charge < -0.3 is 4.90 Å². The molecule has 0 spiro atoms. The van der Waals surface area contributed by atoms with E-state index in [9.17, 15) is 13.2 Å². The van der Waals surface area contributed by atoms with Crippen LogP contribution in [-0.4, -0.2) is 44.6 Å². The van der Waals surface area contributed by atoms with Crippen LogP contribution in [0.1, 0.15) is 36.5 Å². The molecule has 120 valence electrons. The van der Waals surface area contributed by atoms with Crippen LogP contribution in [0.15, 0.2) is 24.3 Å². The molecule has 0 radical (unpaired) electrons. The van der Waals surface area contributed by atoms with Gasteiger partial charge in [-0.1, -0.05) is 6.92 Å². The maximum Gasteiger partial charge on any atom is 0.253 e. The first kappa shape index (κ1) is 15.3. The van der Waals surface area contributed by atoms with Crippen molar-refractivity contribution in [2.75, 3.05) is 29.7 Å². The Balaban J connectivity index is 1.75. The van der Waals surface area contributed by atoms with Crippen molar-refractivity contribution in [3.63, 3.8) is 0 Å². The second-order valence-electron chi connectivity index (χ2n) is 6.29. The Morgan fingerprint density at radius 2 is 1.86 bits per heavy atom. The standard InChI is InChI=1S/C16H22N2O3S/c1-13-4-2-9-17(12-13)16(19)14-5-7-15(8-6-14)18-10-3-11-22(18,20)21/h5-8,13H,2-4,9-12H2,1H3. The third-order valence-electron chi connectivity index (χ3n) is 4.45. The molecule has 2 aliphatic rings. The number of benzene rings is 1. The molecular weight excluding hydrogens is 300 g/mol. The molecule has 3 rings (SSSR count). The van der Waals surface area contributed by atoms with Crippen molar-refractivity contribution < 1.29 is 13.2 Å². The Morgan fingerprint density at radius 3 is 2.45 bits per heavy atom. The number of likely N-dealkylation sites (tertiary alicyclic amines) is 1. The van der Waals surface area contributed by atoms with E-state index in [-0.39, 0.29) is 11.7 Å². The van der Waals surface area contributed by atoms with Gasteiger partial charge in [0.1, 0.15) is 0 Å². The molecule has 1 unspecified atom stereocenters. The average Bonchev–Trinajstić information content (AvgIpc) is 2.86. The molecule has 1 amide bonds. The second-order valence-corrected chi connectivity index (χ2v) is 8.30. The SMILES string of the molecule is CC1CCCN(C(=O)c2ccc(N3CCCS3(=O)=O)cc2)C1. The van der Waals surface area contributed by atoms with Crippen molar-refractivity contribution in [2.45, 2.75) is 26.2 Å². The third-order valence-corrected chi connectivity index (χ3v) is 6.32. The fourth-order valence-electron chi connectivity index (χ4n) is 3.26. The van der Waals surface area contributed by atoms with Gasteiger partial charge in [-0.05, 0) is 49.4 Å². The molecule has 1 atom stereocenters. The summed E-state index contributed by atoms with van der Waals surface area (Å²) in [5, 5.41) is 0. The number of hydrogen-bond donors (Lipinski definition) is 0. The van der Waals surface area contributed by atoms with E-state index in [2.05, 4.69) is 6.92 Å². The lowest BCUT2D eigenvalue weighted by Crippen LogP contribution is -2.39. The van der Waals surface area contributed by atoms with E-state index >= 15 is 0 Å². The zero-order chi connectivity index (χ0) is 15.7. The molecule has 1 aromatic carbocycles. The maximum absolute atomic E-state index is 12.5. The number of amides is 1. The van der Waals surface area contributed by atoms with Crippen LogP contribution in [0.2, 0.25) is 0 Å². The van der Waals surface area contributed by atoms with Crippen molar-refractivity contribution in [1.82, 2.24) is 4.90 Å². The van der Waals surface area contributed by atoms with Crippen molar-refractivity contribution in [3.8, 4) is 0 Å². The molecule has 2 fully saturated rings. The summed E-state index contributed by atoms with van der Waals surface area (Å²) in [4.78, 5) is 14.4. The van der Waals surface area contributed by atoms with E-state index in [1.54, 1.807) is 24.3 Å². The molecule has 2 saturated heterocycles. The van der Waals surface area contributed by atoms with Crippen LogP contribution in [0.5, 0.6) is 0 Å². The molecule has 0 saturated carbocycles. The summed E-state index contributed by atoms with van der Waals surface area (Å²) in [6.45, 7) is 4.31. The van der Waals surface area contributed by atoms with Crippen LogP contribution in [0.25, 0.3) is 0 Å². The van der Waals surface area contributed by atoms with Crippen molar-refractivity contribution in [3.05, 3.63) is 29.8 Å². The number of sulfonamides is 1. The Kier molecular flexibility index (Phi) is 4.12. The number of rotatable bonds is 2. The van der Waals surface area contributed by atoms with Gasteiger partial charge in [0, 0.05) is 25.2 Å². The summed E-state index contributed by atoms with van der Waals surface area (Å²) in [7, 11) is -3.16. The van der Waals surface area contributed by atoms with E-state index in [0.29, 0.717) is 30.1 Å². The zero-order valence-electron chi connectivity index (χ0n) is 12.9. The van der Waals surface area contributed by atoms with E-state index in [1.807, 2.05) is 4.90 Å². The van der Waals surface area contributed by atoms with E-state index < -0.39 is 10.0 Å². The van der Waals surface area contributed by atoms with Gasteiger partial charge in [0.2, 0.25) is 10.0 Å². The van der Waals surface area contributed by atoms with Gasteiger partial charge >= 0.3 is 0 Å². The quantitative estimate of drug-likeness (QED) is 0.838. The highest BCUT2D eigenvalue weighted by Crippen LogP contribution is 2.25. The predicted molar refractivity (Wildman–Crippen MR) is 86.5 cm³/mol. The van der Waals surface area contributed by atoms with E-state index in [0.717, 1.165) is 19.5 Å². The molecule has 6 heteroatoms. The third kappa shape index (κ3) is 2.97. The minimum atomic E-state index is -3.16. The lowest BCUT2D eigenvalue weighted by molar-refractivity contribution is 0.0683. The summed E-state index contributed by atoms with van der Waals surface area (Å²) in [5.74, 6) is 0.799. The Labute approximate surface area is 132 Å². The van der Waals surface area contributed by atoms with Crippen LogP contribution >= 0.6 is 0 Å². The molecule has 5 nitrogen and oxygen atoms in total. The van der Waals surface area contributed by atoms with Crippen LogP contribution < -0.4 is 4.31 Å². The molecule has 0 bridgehead atoms. The topological polar surface area (TPSA) is 57.7 Å². The van der Waals surface area contributed by atoms with Crippen molar-refractivity contribution >= 4 is 21.6 Å². The van der Waals surface area contributed by atoms with Gasteiger partial charge in [0.15, 0.2) is 0 Å². The second kappa shape index (κ2) is 5.91. The molecule has 2 aliphatic heterocycles. The summed E-state index contributed by atoms with van der Waals surface area (Å²) in [6.07, 6.45) is 2.89.